The van der Waals surface area contributed by atoms with E-state index >= 15 is 0 Å². The van der Waals surface area contributed by atoms with E-state index in [1.54, 1.807) is 0 Å². The van der Waals surface area contributed by atoms with Gasteiger partial charge in [0.15, 0.2) is 0 Å². The number of amides is 1. The third-order valence-corrected chi connectivity index (χ3v) is 2.98. The van der Waals surface area contributed by atoms with Gasteiger partial charge in [0, 0.05) is 19.0 Å². The van der Waals surface area contributed by atoms with Crippen molar-refractivity contribution in [3.05, 3.63) is 0 Å². The van der Waals surface area contributed by atoms with E-state index in [1.807, 2.05) is 0 Å². The van der Waals surface area contributed by atoms with Crippen LogP contribution in [-0.2, 0) is 9.59 Å². The fraction of sp³-hybridized carbons (Fsp3) is 0.846. The molecule has 1 atom stereocenters. The summed E-state index contributed by atoms with van der Waals surface area (Å²) in [5, 5.41) is 14.8. The van der Waals surface area contributed by atoms with Crippen LogP contribution in [0.4, 0.5) is 0 Å². The van der Waals surface area contributed by atoms with Crippen LogP contribution < -0.4 is 10.6 Å². The molecule has 0 saturated heterocycles. The minimum Gasteiger partial charge on any atom is -0.481 e. The lowest BCUT2D eigenvalue weighted by Gasteiger charge is -2.17. The van der Waals surface area contributed by atoms with Crippen LogP contribution in [0, 0.1) is 11.8 Å². The van der Waals surface area contributed by atoms with Gasteiger partial charge in [0.05, 0.1) is 6.54 Å². The Balaban J connectivity index is 2.20. The molecule has 0 aromatic heterocycles. The molecule has 0 bridgehead atoms. The molecule has 0 spiro atoms. The second-order valence-electron chi connectivity index (χ2n) is 5.55. The zero-order valence-corrected chi connectivity index (χ0v) is 11.2. The highest BCUT2D eigenvalue weighted by Gasteiger charge is 2.21. The van der Waals surface area contributed by atoms with Crippen molar-refractivity contribution in [1.29, 1.82) is 0 Å². The van der Waals surface area contributed by atoms with Crippen molar-refractivity contribution in [2.75, 3.05) is 13.1 Å². The fourth-order valence-electron chi connectivity index (χ4n) is 2.00. The average molecular weight is 256 g/mol. The molecule has 0 radical (unpaired) electrons. The smallest absolute Gasteiger partial charge is 0.303 e. The molecule has 1 amide bonds. The predicted octanol–water partition coefficient (Wildman–Crippen LogP) is 0.992. The molecule has 0 aromatic rings. The molecular formula is C13H24N2O3. The highest BCUT2D eigenvalue weighted by molar-refractivity contribution is 5.78. The molecule has 0 aliphatic heterocycles. The van der Waals surface area contributed by atoms with Gasteiger partial charge in [-0.1, -0.05) is 13.8 Å². The highest BCUT2D eigenvalue weighted by Crippen LogP contribution is 2.18. The lowest BCUT2D eigenvalue weighted by atomic mass is 9.94. The molecule has 1 aliphatic rings. The molecule has 1 rings (SSSR count). The Morgan fingerprint density at radius 3 is 2.50 bits per heavy atom. The molecule has 0 unspecified atom stereocenters. The first-order chi connectivity index (χ1) is 8.47. The van der Waals surface area contributed by atoms with Crippen molar-refractivity contribution < 1.29 is 14.7 Å². The SMILES string of the molecule is CC(C)C[C@H](CNC(=O)CNC1CC1)CC(=O)O. The van der Waals surface area contributed by atoms with Crippen LogP contribution in [-0.4, -0.2) is 36.1 Å². The summed E-state index contributed by atoms with van der Waals surface area (Å²) in [6.45, 7) is 4.92. The maximum atomic E-state index is 11.5. The molecule has 104 valence electrons. The van der Waals surface area contributed by atoms with Gasteiger partial charge in [0.2, 0.25) is 5.91 Å². The molecule has 1 saturated carbocycles. The molecule has 0 heterocycles. The lowest BCUT2D eigenvalue weighted by Crippen LogP contribution is -2.38. The quantitative estimate of drug-likeness (QED) is 0.575. The summed E-state index contributed by atoms with van der Waals surface area (Å²) in [6, 6.07) is 0.515. The topological polar surface area (TPSA) is 78.4 Å². The number of hydrogen-bond donors (Lipinski definition) is 3. The van der Waals surface area contributed by atoms with E-state index in [0.29, 0.717) is 25.0 Å². The summed E-state index contributed by atoms with van der Waals surface area (Å²) in [5.74, 6) is -0.379. The normalized spacial score (nSPS) is 16.6. The van der Waals surface area contributed by atoms with Gasteiger partial charge in [-0.3, -0.25) is 9.59 Å². The van der Waals surface area contributed by atoms with Crippen LogP contribution in [0.1, 0.15) is 39.5 Å². The largest absolute Gasteiger partial charge is 0.481 e. The summed E-state index contributed by atoms with van der Waals surface area (Å²) in [4.78, 5) is 22.3. The molecule has 5 nitrogen and oxygen atoms in total. The van der Waals surface area contributed by atoms with Crippen LogP contribution in [0.25, 0.3) is 0 Å². The van der Waals surface area contributed by atoms with E-state index in [1.165, 1.54) is 0 Å². The monoisotopic (exact) mass is 256 g/mol. The molecule has 1 fully saturated rings. The number of carbonyl (C=O) groups excluding carboxylic acids is 1. The Bertz CT molecular complexity index is 288. The number of aliphatic carboxylic acids is 1. The fourth-order valence-corrected chi connectivity index (χ4v) is 2.00. The Kier molecular flexibility index (Phi) is 6.12. The zero-order chi connectivity index (χ0) is 13.5. The lowest BCUT2D eigenvalue weighted by molar-refractivity contribution is -0.138. The van der Waals surface area contributed by atoms with Crippen molar-refractivity contribution >= 4 is 11.9 Å². The third kappa shape index (κ3) is 7.27. The van der Waals surface area contributed by atoms with Crippen LogP contribution in [0.2, 0.25) is 0 Å². The second kappa shape index (κ2) is 7.36. The van der Waals surface area contributed by atoms with Gasteiger partial charge in [-0.05, 0) is 31.1 Å². The van der Waals surface area contributed by atoms with Crippen molar-refractivity contribution in [3.8, 4) is 0 Å². The summed E-state index contributed by atoms with van der Waals surface area (Å²) >= 11 is 0. The highest BCUT2D eigenvalue weighted by atomic mass is 16.4. The molecule has 3 N–H and O–H groups in total. The van der Waals surface area contributed by atoms with E-state index in [0.717, 1.165) is 19.3 Å². The van der Waals surface area contributed by atoms with Crippen LogP contribution in [0.5, 0.6) is 0 Å². The molecule has 18 heavy (non-hydrogen) atoms. The molecule has 1 aliphatic carbocycles. The number of nitrogens with one attached hydrogen (secondary N) is 2. The van der Waals surface area contributed by atoms with Crippen molar-refractivity contribution in [2.24, 2.45) is 11.8 Å². The van der Waals surface area contributed by atoms with E-state index < -0.39 is 5.97 Å². The van der Waals surface area contributed by atoms with Crippen LogP contribution in [0.3, 0.4) is 0 Å². The van der Waals surface area contributed by atoms with Crippen LogP contribution in [0.15, 0.2) is 0 Å². The van der Waals surface area contributed by atoms with Gasteiger partial charge < -0.3 is 15.7 Å². The number of carbonyl (C=O) groups is 2. The van der Waals surface area contributed by atoms with Gasteiger partial charge in [0.1, 0.15) is 0 Å². The Hall–Kier alpha value is -1.10. The summed E-state index contributed by atoms with van der Waals surface area (Å²) in [5.41, 5.74) is 0. The Labute approximate surface area is 108 Å². The summed E-state index contributed by atoms with van der Waals surface area (Å²) < 4.78 is 0. The van der Waals surface area contributed by atoms with Crippen molar-refractivity contribution in [1.82, 2.24) is 10.6 Å². The maximum Gasteiger partial charge on any atom is 0.303 e. The molecule has 5 heteroatoms. The minimum absolute atomic E-state index is 0.0207. The second-order valence-corrected chi connectivity index (χ2v) is 5.55. The maximum absolute atomic E-state index is 11.5. The standard InChI is InChI=1S/C13H24N2O3/c1-9(2)5-10(6-13(17)18)7-15-12(16)8-14-11-3-4-11/h9-11,14H,3-8H2,1-2H3,(H,15,16)(H,17,18)/t10-/m0/s1. The Morgan fingerprint density at radius 1 is 1.33 bits per heavy atom. The van der Waals surface area contributed by atoms with E-state index in [2.05, 4.69) is 24.5 Å². The third-order valence-electron chi connectivity index (χ3n) is 2.98. The first-order valence-corrected chi connectivity index (χ1v) is 6.69. The molecular weight excluding hydrogens is 232 g/mol. The first kappa shape index (κ1) is 15.0. The van der Waals surface area contributed by atoms with Crippen LogP contribution >= 0.6 is 0 Å². The minimum atomic E-state index is -0.800. The van der Waals surface area contributed by atoms with Gasteiger partial charge in [-0.2, -0.15) is 0 Å². The Morgan fingerprint density at radius 2 is 2.00 bits per heavy atom. The van der Waals surface area contributed by atoms with Gasteiger partial charge in [-0.25, -0.2) is 0 Å². The van der Waals surface area contributed by atoms with E-state index in [9.17, 15) is 9.59 Å². The van der Waals surface area contributed by atoms with E-state index in [4.69, 9.17) is 5.11 Å². The number of rotatable bonds is 9. The summed E-state index contributed by atoms with van der Waals surface area (Å²) in [6.07, 6.45) is 3.25. The van der Waals surface area contributed by atoms with Crippen molar-refractivity contribution in [3.63, 3.8) is 0 Å². The van der Waals surface area contributed by atoms with E-state index in [-0.39, 0.29) is 18.2 Å². The average Bonchev–Trinajstić information content (AvgIpc) is 3.05. The molecule has 0 aromatic carbocycles. The number of carboxylic acids is 1. The van der Waals surface area contributed by atoms with Crippen molar-refractivity contribution in [2.45, 2.75) is 45.6 Å². The number of carboxylic acid groups (broad SMARTS) is 1. The van der Waals surface area contributed by atoms with Gasteiger partial charge >= 0.3 is 5.97 Å². The summed E-state index contributed by atoms with van der Waals surface area (Å²) in [7, 11) is 0. The number of hydrogen-bond acceptors (Lipinski definition) is 3. The van der Waals surface area contributed by atoms with Gasteiger partial charge in [-0.15, -0.1) is 0 Å². The predicted molar refractivity (Wildman–Crippen MR) is 69.2 cm³/mol. The van der Waals surface area contributed by atoms with Gasteiger partial charge in [0.25, 0.3) is 0 Å². The zero-order valence-electron chi connectivity index (χ0n) is 11.2. The first-order valence-electron chi connectivity index (χ1n) is 6.69.